The van der Waals surface area contributed by atoms with Gasteiger partial charge in [-0.15, -0.1) is 0 Å². The first-order valence-corrected chi connectivity index (χ1v) is 8.51. The zero-order valence-electron chi connectivity index (χ0n) is 13.4. The van der Waals surface area contributed by atoms with E-state index in [0.717, 1.165) is 24.4 Å². The Hall–Kier alpha value is -0.0800. The molecule has 0 bridgehead atoms. The lowest BCUT2D eigenvalue weighted by atomic mass is 9.65. The van der Waals surface area contributed by atoms with Crippen LogP contribution in [-0.4, -0.2) is 30.1 Å². The van der Waals surface area contributed by atoms with Crippen molar-refractivity contribution >= 4 is 0 Å². The molecule has 2 N–H and O–H groups in total. The molecule has 1 spiro atoms. The summed E-state index contributed by atoms with van der Waals surface area (Å²) < 4.78 is 0. The highest BCUT2D eigenvalue weighted by molar-refractivity contribution is 5.01. The zero-order valence-corrected chi connectivity index (χ0v) is 13.4. The van der Waals surface area contributed by atoms with Crippen LogP contribution in [0, 0.1) is 11.3 Å². The Morgan fingerprint density at radius 1 is 1.00 bits per heavy atom. The lowest BCUT2D eigenvalue weighted by molar-refractivity contribution is 0.0102. The highest BCUT2D eigenvalue weighted by atomic mass is 15.2. The molecule has 0 aliphatic heterocycles. The molecular weight excluding hydrogens is 232 g/mol. The molecule has 0 radical (unpaired) electrons. The molecule has 2 saturated carbocycles. The van der Waals surface area contributed by atoms with Crippen molar-refractivity contribution in [3.8, 4) is 0 Å². The van der Waals surface area contributed by atoms with Gasteiger partial charge in [-0.05, 0) is 56.4 Å². The minimum Gasteiger partial charge on any atom is -0.329 e. The lowest BCUT2D eigenvalue weighted by Gasteiger charge is -2.51. The van der Waals surface area contributed by atoms with Crippen molar-refractivity contribution in [2.75, 3.05) is 19.6 Å². The van der Waals surface area contributed by atoms with Gasteiger partial charge in [0.15, 0.2) is 0 Å². The minimum absolute atomic E-state index is 0.312. The SMILES string of the molecule is CCN(CC(C)C)C1(CN)CCC2(CCCC2)CC1. The summed E-state index contributed by atoms with van der Waals surface area (Å²) >= 11 is 0. The number of nitrogens with two attached hydrogens (primary N) is 1. The summed E-state index contributed by atoms with van der Waals surface area (Å²) in [5.74, 6) is 0.741. The molecule has 2 rings (SSSR count). The molecule has 2 heteroatoms. The average molecular weight is 266 g/mol. The van der Waals surface area contributed by atoms with Crippen molar-refractivity contribution in [1.82, 2.24) is 4.90 Å². The second kappa shape index (κ2) is 6.13. The molecule has 0 aromatic carbocycles. The number of likely N-dealkylation sites (N-methyl/N-ethyl adjacent to an activating group) is 1. The predicted octanol–water partition coefficient (Wildman–Crippen LogP) is 3.80. The molecule has 0 aromatic rings. The third-order valence-electron chi connectivity index (χ3n) is 5.92. The van der Waals surface area contributed by atoms with Crippen LogP contribution in [0.1, 0.15) is 72.1 Å². The van der Waals surface area contributed by atoms with Gasteiger partial charge in [0, 0.05) is 18.6 Å². The van der Waals surface area contributed by atoms with Gasteiger partial charge in [0.25, 0.3) is 0 Å². The first-order valence-electron chi connectivity index (χ1n) is 8.51. The first kappa shape index (κ1) is 15.3. The fourth-order valence-corrected chi connectivity index (χ4v) is 4.62. The number of nitrogens with zero attached hydrogens (tertiary/aromatic N) is 1. The Morgan fingerprint density at radius 2 is 1.58 bits per heavy atom. The normalized spacial score (nSPS) is 25.6. The molecule has 0 amide bonds. The Labute approximate surface area is 120 Å². The molecule has 0 unspecified atom stereocenters. The molecule has 2 aliphatic rings. The van der Waals surface area contributed by atoms with Crippen LogP contribution in [0.3, 0.4) is 0 Å². The Balaban J connectivity index is 2.03. The molecule has 0 heterocycles. The standard InChI is InChI=1S/C17H34N2/c1-4-19(13-15(2)3)17(14-18)11-9-16(10-12-17)7-5-6-8-16/h15H,4-14,18H2,1-3H3. The van der Waals surface area contributed by atoms with E-state index < -0.39 is 0 Å². The van der Waals surface area contributed by atoms with Gasteiger partial charge >= 0.3 is 0 Å². The van der Waals surface area contributed by atoms with Crippen LogP contribution in [0.5, 0.6) is 0 Å². The summed E-state index contributed by atoms with van der Waals surface area (Å²) in [6, 6.07) is 0. The van der Waals surface area contributed by atoms with E-state index in [9.17, 15) is 0 Å². The van der Waals surface area contributed by atoms with E-state index >= 15 is 0 Å². The number of rotatable bonds is 5. The molecule has 0 atom stereocenters. The van der Waals surface area contributed by atoms with Gasteiger partial charge in [-0.25, -0.2) is 0 Å². The van der Waals surface area contributed by atoms with E-state index in [2.05, 4.69) is 25.7 Å². The second-order valence-electron chi connectivity index (χ2n) is 7.57. The van der Waals surface area contributed by atoms with Crippen molar-refractivity contribution in [2.24, 2.45) is 17.1 Å². The van der Waals surface area contributed by atoms with E-state index in [0.29, 0.717) is 5.54 Å². The first-order chi connectivity index (χ1) is 9.06. The van der Waals surface area contributed by atoms with E-state index in [1.807, 2.05) is 0 Å². The van der Waals surface area contributed by atoms with Crippen LogP contribution in [0.4, 0.5) is 0 Å². The van der Waals surface area contributed by atoms with Gasteiger partial charge in [0.1, 0.15) is 0 Å². The van der Waals surface area contributed by atoms with Gasteiger partial charge in [-0.2, -0.15) is 0 Å². The van der Waals surface area contributed by atoms with Gasteiger partial charge in [-0.3, -0.25) is 4.90 Å². The average Bonchev–Trinajstić information content (AvgIpc) is 2.86. The Morgan fingerprint density at radius 3 is 2.00 bits per heavy atom. The molecule has 112 valence electrons. The van der Waals surface area contributed by atoms with Crippen molar-refractivity contribution in [2.45, 2.75) is 77.7 Å². The fourth-order valence-electron chi connectivity index (χ4n) is 4.62. The summed E-state index contributed by atoms with van der Waals surface area (Å²) in [5, 5.41) is 0. The molecule has 2 aliphatic carbocycles. The molecule has 2 nitrogen and oxygen atoms in total. The predicted molar refractivity (Wildman–Crippen MR) is 83.2 cm³/mol. The summed E-state index contributed by atoms with van der Waals surface area (Å²) in [7, 11) is 0. The number of hydrogen-bond donors (Lipinski definition) is 1. The van der Waals surface area contributed by atoms with E-state index in [1.165, 1.54) is 57.9 Å². The fraction of sp³-hybridized carbons (Fsp3) is 1.00. The summed E-state index contributed by atoms with van der Waals surface area (Å²) in [6.45, 7) is 10.2. The van der Waals surface area contributed by atoms with Crippen LogP contribution < -0.4 is 5.73 Å². The van der Waals surface area contributed by atoms with E-state index in [1.54, 1.807) is 0 Å². The Kier molecular flexibility index (Phi) is 4.94. The topological polar surface area (TPSA) is 29.3 Å². The van der Waals surface area contributed by atoms with Gasteiger partial charge in [0.2, 0.25) is 0 Å². The molecule has 0 saturated heterocycles. The molecule has 19 heavy (non-hydrogen) atoms. The smallest absolute Gasteiger partial charge is 0.0332 e. The van der Waals surface area contributed by atoms with Crippen LogP contribution >= 0.6 is 0 Å². The largest absolute Gasteiger partial charge is 0.329 e. The second-order valence-corrected chi connectivity index (χ2v) is 7.57. The monoisotopic (exact) mass is 266 g/mol. The highest BCUT2D eigenvalue weighted by Crippen LogP contribution is 2.52. The summed E-state index contributed by atoms with van der Waals surface area (Å²) in [5.41, 5.74) is 7.27. The van der Waals surface area contributed by atoms with E-state index in [4.69, 9.17) is 5.73 Å². The maximum atomic E-state index is 6.24. The van der Waals surface area contributed by atoms with Crippen LogP contribution in [0.15, 0.2) is 0 Å². The number of hydrogen-bond acceptors (Lipinski definition) is 2. The van der Waals surface area contributed by atoms with Gasteiger partial charge < -0.3 is 5.73 Å². The molecule has 2 fully saturated rings. The third-order valence-corrected chi connectivity index (χ3v) is 5.92. The van der Waals surface area contributed by atoms with E-state index in [-0.39, 0.29) is 0 Å². The van der Waals surface area contributed by atoms with Gasteiger partial charge in [0.05, 0.1) is 0 Å². The van der Waals surface area contributed by atoms with Crippen LogP contribution in [0.25, 0.3) is 0 Å². The maximum absolute atomic E-state index is 6.24. The quantitative estimate of drug-likeness (QED) is 0.820. The lowest BCUT2D eigenvalue weighted by Crippen LogP contribution is -2.57. The maximum Gasteiger partial charge on any atom is 0.0332 e. The summed E-state index contributed by atoms with van der Waals surface area (Å²) in [6.07, 6.45) is 11.5. The van der Waals surface area contributed by atoms with Crippen LogP contribution in [0.2, 0.25) is 0 Å². The summed E-state index contributed by atoms with van der Waals surface area (Å²) in [4.78, 5) is 2.69. The minimum atomic E-state index is 0.312. The van der Waals surface area contributed by atoms with Crippen molar-refractivity contribution in [1.29, 1.82) is 0 Å². The molecular formula is C17H34N2. The third kappa shape index (κ3) is 3.16. The highest BCUT2D eigenvalue weighted by Gasteiger charge is 2.45. The van der Waals surface area contributed by atoms with Crippen molar-refractivity contribution in [3.05, 3.63) is 0 Å². The van der Waals surface area contributed by atoms with Gasteiger partial charge in [-0.1, -0.05) is 33.6 Å². The van der Waals surface area contributed by atoms with Crippen LogP contribution in [-0.2, 0) is 0 Å². The van der Waals surface area contributed by atoms with Crippen molar-refractivity contribution in [3.63, 3.8) is 0 Å². The molecule has 0 aromatic heterocycles. The van der Waals surface area contributed by atoms with Crippen molar-refractivity contribution < 1.29 is 0 Å². The zero-order chi connectivity index (χ0) is 13.9. The Bertz CT molecular complexity index is 269.